The predicted molar refractivity (Wildman–Crippen MR) is 78.9 cm³/mol. The van der Waals surface area contributed by atoms with Gasteiger partial charge >= 0.3 is 0 Å². The average Bonchev–Trinajstić information content (AvgIpc) is 2.40. The molecule has 0 amide bonds. The van der Waals surface area contributed by atoms with Gasteiger partial charge in [-0.2, -0.15) is 4.98 Å². The van der Waals surface area contributed by atoms with Crippen LogP contribution in [0.4, 0.5) is 11.5 Å². The zero-order valence-electron chi connectivity index (χ0n) is 12.1. The zero-order valence-corrected chi connectivity index (χ0v) is 12.1. The van der Waals surface area contributed by atoms with E-state index in [2.05, 4.69) is 14.9 Å². The number of ether oxygens (including phenoxy) is 1. The van der Waals surface area contributed by atoms with Gasteiger partial charge in [0.2, 0.25) is 5.88 Å². The molecule has 1 saturated carbocycles. The predicted octanol–water partition coefficient (Wildman–Crippen LogP) is 1.59. The zero-order chi connectivity index (χ0) is 14.4. The average molecular weight is 280 g/mol. The number of aromatic nitrogens is 2. The molecule has 0 aromatic carbocycles. The number of hydrogen-bond acceptors (Lipinski definition) is 6. The van der Waals surface area contributed by atoms with Crippen LogP contribution in [0.15, 0.2) is 6.33 Å². The van der Waals surface area contributed by atoms with Crippen molar-refractivity contribution in [2.75, 3.05) is 30.4 Å². The van der Waals surface area contributed by atoms with Gasteiger partial charge in [-0.3, -0.25) is 0 Å². The van der Waals surface area contributed by atoms with Gasteiger partial charge in [0, 0.05) is 19.2 Å². The Morgan fingerprint density at radius 1 is 1.45 bits per heavy atom. The van der Waals surface area contributed by atoms with Crippen molar-refractivity contribution in [1.82, 2.24) is 9.97 Å². The van der Waals surface area contributed by atoms with Gasteiger partial charge in [0.25, 0.3) is 0 Å². The molecule has 1 fully saturated rings. The molecule has 1 aromatic heterocycles. The molecule has 1 heterocycles. The van der Waals surface area contributed by atoms with Crippen LogP contribution in [0.2, 0.25) is 0 Å². The van der Waals surface area contributed by atoms with E-state index < -0.39 is 0 Å². The summed E-state index contributed by atoms with van der Waals surface area (Å²) in [6, 6.07) is 0.470. The van der Waals surface area contributed by atoms with Crippen molar-refractivity contribution in [1.29, 1.82) is 0 Å². The second-order valence-electron chi connectivity index (χ2n) is 5.12. The first-order chi connectivity index (χ1) is 9.77. The van der Waals surface area contributed by atoms with E-state index >= 15 is 0 Å². The Labute approximate surface area is 120 Å². The Bertz CT molecular complexity index is 424. The van der Waals surface area contributed by atoms with Gasteiger partial charge < -0.3 is 20.5 Å². The smallest absolute Gasteiger partial charge is 0.242 e. The van der Waals surface area contributed by atoms with Crippen LogP contribution < -0.4 is 15.4 Å². The van der Waals surface area contributed by atoms with Gasteiger partial charge in [-0.05, 0) is 32.1 Å². The monoisotopic (exact) mass is 280 g/mol. The van der Waals surface area contributed by atoms with Crippen LogP contribution in [-0.4, -0.2) is 40.9 Å². The molecule has 20 heavy (non-hydrogen) atoms. The Kier molecular flexibility index (Phi) is 5.40. The standard InChI is InChI=1S/C14H24N4O2/c1-2-9-20-14-12(15)13(16-10-17-14)18(7-4-8-19)11-5-3-6-11/h10-11,19H,2-9,15H2,1H3. The maximum absolute atomic E-state index is 9.06. The molecule has 0 radical (unpaired) electrons. The van der Waals surface area contributed by atoms with Crippen LogP contribution in [0.3, 0.4) is 0 Å². The number of nitrogens with zero attached hydrogens (tertiary/aromatic N) is 3. The molecule has 112 valence electrons. The summed E-state index contributed by atoms with van der Waals surface area (Å²) in [4.78, 5) is 10.6. The molecule has 0 spiro atoms. The molecule has 0 aliphatic heterocycles. The van der Waals surface area contributed by atoms with Gasteiger partial charge in [0.05, 0.1) is 6.61 Å². The second-order valence-corrected chi connectivity index (χ2v) is 5.12. The van der Waals surface area contributed by atoms with Crippen LogP contribution in [-0.2, 0) is 0 Å². The third-order valence-corrected chi connectivity index (χ3v) is 3.61. The molecule has 1 aromatic rings. The Hall–Kier alpha value is -1.56. The van der Waals surface area contributed by atoms with Gasteiger partial charge in [-0.15, -0.1) is 0 Å². The van der Waals surface area contributed by atoms with Crippen LogP contribution in [0.5, 0.6) is 5.88 Å². The molecule has 6 nitrogen and oxygen atoms in total. The van der Waals surface area contributed by atoms with Crippen molar-refractivity contribution in [2.24, 2.45) is 0 Å². The Balaban J connectivity index is 2.18. The van der Waals surface area contributed by atoms with Crippen LogP contribution >= 0.6 is 0 Å². The lowest BCUT2D eigenvalue weighted by Gasteiger charge is -2.38. The summed E-state index contributed by atoms with van der Waals surface area (Å²) >= 11 is 0. The maximum atomic E-state index is 9.06. The summed E-state index contributed by atoms with van der Waals surface area (Å²) < 4.78 is 5.56. The van der Waals surface area contributed by atoms with Crippen molar-refractivity contribution in [2.45, 2.75) is 45.1 Å². The molecule has 1 aliphatic rings. The van der Waals surface area contributed by atoms with E-state index in [0.29, 0.717) is 30.6 Å². The summed E-state index contributed by atoms with van der Waals surface area (Å²) in [6.45, 7) is 3.57. The molecule has 0 saturated heterocycles. The van der Waals surface area contributed by atoms with E-state index in [1.165, 1.54) is 12.7 Å². The largest absolute Gasteiger partial charge is 0.476 e. The van der Waals surface area contributed by atoms with E-state index in [9.17, 15) is 0 Å². The van der Waals surface area contributed by atoms with E-state index in [1.54, 1.807) is 0 Å². The van der Waals surface area contributed by atoms with Crippen molar-refractivity contribution in [3.63, 3.8) is 0 Å². The summed E-state index contributed by atoms with van der Waals surface area (Å²) in [7, 11) is 0. The quantitative estimate of drug-likeness (QED) is 0.752. The van der Waals surface area contributed by atoms with Crippen molar-refractivity contribution >= 4 is 11.5 Å². The lowest BCUT2D eigenvalue weighted by Crippen LogP contribution is -2.42. The fraction of sp³-hybridized carbons (Fsp3) is 0.714. The van der Waals surface area contributed by atoms with Gasteiger partial charge in [0.1, 0.15) is 12.0 Å². The first kappa shape index (κ1) is 14.8. The normalized spacial score (nSPS) is 14.9. The van der Waals surface area contributed by atoms with E-state index in [1.807, 2.05) is 6.92 Å². The van der Waals surface area contributed by atoms with Crippen molar-refractivity contribution in [3.8, 4) is 5.88 Å². The van der Waals surface area contributed by atoms with E-state index in [0.717, 1.165) is 31.6 Å². The third kappa shape index (κ3) is 3.30. The number of anilines is 2. The second kappa shape index (κ2) is 7.28. The molecule has 0 bridgehead atoms. The molecule has 0 atom stereocenters. The molecule has 6 heteroatoms. The highest BCUT2D eigenvalue weighted by Gasteiger charge is 2.28. The molecule has 0 unspecified atom stereocenters. The summed E-state index contributed by atoms with van der Waals surface area (Å²) in [6.07, 6.45) is 6.67. The van der Waals surface area contributed by atoms with Crippen molar-refractivity contribution in [3.05, 3.63) is 6.33 Å². The lowest BCUT2D eigenvalue weighted by atomic mass is 9.91. The lowest BCUT2D eigenvalue weighted by molar-refractivity contribution is 0.282. The Morgan fingerprint density at radius 3 is 2.85 bits per heavy atom. The molecule has 3 N–H and O–H groups in total. The number of aliphatic hydroxyl groups is 1. The Morgan fingerprint density at radius 2 is 2.25 bits per heavy atom. The minimum Gasteiger partial charge on any atom is -0.476 e. The number of aliphatic hydroxyl groups excluding tert-OH is 1. The summed E-state index contributed by atoms with van der Waals surface area (Å²) in [5, 5.41) is 9.06. The molecule has 2 rings (SSSR count). The van der Waals surface area contributed by atoms with Crippen molar-refractivity contribution < 1.29 is 9.84 Å². The van der Waals surface area contributed by atoms with E-state index in [4.69, 9.17) is 15.6 Å². The summed E-state index contributed by atoms with van der Waals surface area (Å²) in [5.74, 6) is 1.20. The number of hydrogen-bond donors (Lipinski definition) is 2. The minimum absolute atomic E-state index is 0.174. The number of nitrogen functional groups attached to an aromatic ring is 1. The first-order valence-corrected chi connectivity index (χ1v) is 7.38. The highest BCUT2D eigenvalue weighted by atomic mass is 16.5. The SMILES string of the molecule is CCCOc1ncnc(N(CCCO)C2CCC2)c1N. The number of nitrogens with two attached hydrogens (primary N) is 1. The third-order valence-electron chi connectivity index (χ3n) is 3.61. The topological polar surface area (TPSA) is 84.5 Å². The first-order valence-electron chi connectivity index (χ1n) is 7.38. The highest BCUT2D eigenvalue weighted by molar-refractivity contribution is 5.68. The van der Waals surface area contributed by atoms with Crippen LogP contribution in [0.25, 0.3) is 0 Å². The number of rotatable bonds is 8. The molecule has 1 aliphatic carbocycles. The molecular weight excluding hydrogens is 256 g/mol. The summed E-state index contributed by atoms with van der Waals surface area (Å²) in [5.41, 5.74) is 6.66. The molecular formula is C14H24N4O2. The van der Waals surface area contributed by atoms with E-state index in [-0.39, 0.29) is 6.61 Å². The van der Waals surface area contributed by atoms with Gasteiger partial charge in [-0.1, -0.05) is 6.92 Å². The fourth-order valence-electron chi connectivity index (χ4n) is 2.31. The fourth-order valence-corrected chi connectivity index (χ4v) is 2.31. The minimum atomic E-state index is 0.174. The van der Waals surface area contributed by atoms with Crippen LogP contribution in [0.1, 0.15) is 39.0 Å². The van der Waals surface area contributed by atoms with Gasteiger partial charge in [0.15, 0.2) is 5.82 Å². The maximum Gasteiger partial charge on any atom is 0.242 e. The highest BCUT2D eigenvalue weighted by Crippen LogP contribution is 2.34. The van der Waals surface area contributed by atoms with Gasteiger partial charge in [-0.25, -0.2) is 4.98 Å². The van der Waals surface area contributed by atoms with Crippen LogP contribution in [0, 0.1) is 0 Å².